The Morgan fingerprint density at radius 3 is 2.21 bits per heavy atom. The van der Waals surface area contributed by atoms with Gasteiger partial charge >= 0.3 is 8.80 Å². The van der Waals surface area contributed by atoms with Crippen molar-refractivity contribution in [1.82, 2.24) is 0 Å². The highest BCUT2D eigenvalue weighted by atomic mass is 28.4. The van der Waals surface area contributed by atoms with E-state index in [9.17, 15) is 4.79 Å². The van der Waals surface area contributed by atoms with Gasteiger partial charge in [0.25, 0.3) is 0 Å². The molecule has 0 aliphatic heterocycles. The van der Waals surface area contributed by atoms with E-state index in [4.69, 9.17) is 13.3 Å². The summed E-state index contributed by atoms with van der Waals surface area (Å²) in [5.41, 5.74) is 0.0693. The number of carbonyl (C=O) groups excluding carboxylic acids is 1. The van der Waals surface area contributed by atoms with Crippen molar-refractivity contribution in [1.29, 1.82) is 0 Å². The number of aliphatic imine (C=N–C) groups is 1. The Balaban J connectivity index is 4.11. The number of nitrogens with zero attached hydrogens (tertiary/aromatic N) is 1. The number of hydrogen-bond donors (Lipinski definition) is 0. The van der Waals surface area contributed by atoms with Gasteiger partial charge in [-0.25, -0.2) is 9.79 Å². The van der Waals surface area contributed by atoms with Gasteiger partial charge in [0.05, 0.1) is 0 Å². The van der Waals surface area contributed by atoms with Gasteiger partial charge in [-0.05, 0) is 6.42 Å². The maximum absolute atomic E-state index is 10.00. The van der Waals surface area contributed by atoms with E-state index in [1.807, 2.05) is 0 Å². The molecule has 0 aliphatic carbocycles. The van der Waals surface area contributed by atoms with Gasteiger partial charge in [0.1, 0.15) is 0 Å². The third kappa shape index (κ3) is 4.27. The van der Waals surface area contributed by atoms with Crippen LogP contribution in [-0.2, 0) is 18.1 Å². The van der Waals surface area contributed by atoms with E-state index >= 15 is 0 Å². The Bertz CT molecular complexity index is 196. The van der Waals surface area contributed by atoms with Crippen molar-refractivity contribution in [3.8, 4) is 0 Å². The minimum atomic E-state index is -2.48. The first-order valence-corrected chi connectivity index (χ1v) is 7.45. The van der Waals surface area contributed by atoms with Crippen LogP contribution in [0.4, 0.5) is 0 Å². The largest absolute Gasteiger partial charge is 0.500 e. The summed E-state index contributed by atoms with van der Waals surface area (Å²) in [5.74, 6) is 0. The van der Waals surface area contributed by atoms with Gasteiger partial charge < -0.3 is 13.3 Å². The Morgan fingerprint density at radius 1 is 1.36 bits per heavy atom. The normalized spacial score (nSPS) is 13.6. The van der Waals surface area contributed by atoms with Gasteiger partial charge in [0.15, 0.2) is 0 Å². The Kier molecular flexibility index (Phi) is 6.89. The lowest BCUT2D eigenvalue weighted by Crippen LogP contribution is -2.43. The monoisotopic (exact) mass is 235 g/mol. The molecule has 0 radical (unpaired) electrons. The van der Waals surface area contributed by atoms with Crippen molar-refractivity contribution in [3.05, 3.63) is 0 Å². The molecule has 1 atom stereocenters. The van der Waals surface area contributed by atoms with E-state index in [0.29, 0.717) is 6.04 Å². The van der Waals surface area contributed by atoms with Crippen LogP contribution < -0.4 is 0 Å². The molecule has 0 saturated carbocycles. The van der Waals surface area contributed by atoms with Crippen molar-refractivity contribution in [2.75, 3.05) is 21.3 Å². The van der Waals surface area contributed by atoms with E-state index in [0.717, 1.165) is 16.7 Å². The fourth-order valence-electron chi connectivity index (χ4n) is 1.10. The Labute approximate surface area is 88.2 Å². The molecule has 0 bridgehead atoms. The van der Waals surface area contributed by atoms with Crippen molar-refractivity contribution < 1.29 is 18.1 Å². The highest BCUT2D eigenvalue weighted by molar-refractivity contribution is 6.60. The average molecular weight is 235 g/mol. The molecule has 0 saturated heterocycles. The zero-order valence-electron chi connectivity index (χ0n) is 9.07. The average Bonchev–Trinajstić information content (AvgIpc) is 2.21. The molecule has 0 aromatic heterocycles. The highest BCUT2D eigenvalue weighted by Crippen LogP contribution is 2.16. The second-order valence-electron chi connectivity index (χ2n) is 2.90. The van der Waals surface area contributed by atoms with Crippen LogP contribution in [0.2, 0.25) is 6.04 Å². The lowest BCUT2D eigenvalue weighted by atomic mass is 10.5. The van der Waals surface area contributed by atoms with Crippen molar-refractivity contribution in [3.63, 3.8) is 0 Å². The molecular formula is C7H17NO4Si2. The van der Waals surface area contributed by atoms with Crippen LogP contribution in [0.25, 0.3) is 0 Å². The molecule has 0 spiro atoms. The van der Waals surface area contributed by atoms with Crippen molar-refractivity contribution in [2.24, 2.45) is 4.99 Å². The molecule has 0 amide bonds. The molecule has 0 N–H and O–H groups in total. The van der Waals surface area contributed by atoms with Gasteiger partial charge in [-0.1, -0.05) is 0 Å². The molecule has 0 aliphatic rings. The molecule has 1 unspecified atom stereocenters. The highest BCUT2D eigenvalue weighted by Gasteiger charge is 2.37. The van der Waals surface area contributed by atoms with Crippen LogP contribution in [0.15, 0.2) is 4.99 Å². The fraction of sp³-hybridized carbons (Fsp3) is 0.857. The zero-order chi connectivity index (χ0) is 11.0. The Hall–Kier alpha value is -0.306. The standard InChI is InChI=1S/C7H17NO4Si2/c1-10-14(11-2,12-3)5-4-7(13)8-6-9/h7H,4-5H2,1-3,13H3. The topological polar surface area (TPSA) is 57.1 Å². The summed E-state index contributed by atoms with van der Waals surface area (Å²) in [4.78, 5) is 13.6. The molecule has 0 rings (SSSR count). The third-order valence-electron chi connectivity index (χ3n) is 2.07. The maximum atomic E-state index is 10.00. The minimum absolute atomic E-state index is 0.0693. The fourth-order valence-corrected chi connectivity index (χ4v) is 3.95. The molecule has 7 heteroatoms. The molecule has 14 heavy (non-hydrogen) atoms. The minimum Gasteiger partial charge on any atom is -0.377 e. The number of isocyanates is 1. The molecular weight excluding hydrogens is 218 g/mol. The van der Waals surface area contributed by atoms with Crippen LogP contribution in [-0.4, -0.2) is 52.1 Å². The van der Waals surface area contributed by atoms with E-state index in [1.54, 1.807) is 27.4 Å². The van der Waals surface area contributed by atoms with E-state index in [-0.39, 0.29) is 5.67 Å². The summed E-state index contributed by atoms with van der Waals surface area (Å²) in [5, 5.41) is 0. The summed E-state index contributed by atoms with van der Waals surface area (Å²) in [6, 6.07) is 0.676. The van der Waals surface area contributed by atoms with Crippen LogP contribution in [0.5, 0.6) is 0 Å². The van der Waals surface area contributed by atoms with Crippen molar-refractivity contribution in [2.45, 2.75) is 18.1 Å². The summed E-state index contributed by atoms with van der Waals surface area (Å²) in [7, 11) is 3.07. The molecule has 0 aromatic rings. The lowest BCUT2D eigenvalue weighted by molar-refractivity contribution is 0.123. The second kappa shape index (κ2) is 7.05. The molecule has 5 nitrogen and oxygen atoms in total. The Morgan fingerprint density at radius 2 is 1.86 bits per heavy atom. The van der Waals surface area contributed by atoms with Gasteiger partial charge in [-0.15, -0.1) is 0 Å². The molecule has 82 valence electrons. The molecule has 0 fully saturated rings. The summed E-state index contributed by atoms with van der Waals surface area (Å²) >= 11 is 0. The first-order valence-electron chi connectivity index (χ1n) is 4.36. The summed E-state index contributed by atoms with van der Waals surface area (Å²) in [6.07, 6.45) is 2.31. The molecule has 0 aromatic carbocycles. The van der Waals surface area contributed by atoms with Gasteiger partial charge in [-0.3, -0.25) is 0 Å². The maximum Gasteiger partial charge on any atom is 0.500 e. The first kappa shape index (κ1) is 13.7. The van der Waals surface area contributed by atoms with E-state index in [1.165, 1.54) is 0 Å². The van der Waals surface area contributed by atoms with Gasteiger partial charge in [-0.2, -0.15) is 0 Å². The second-order valence-corrected chi connectivity index (χ2v) is 7.33. The smallest absolute Gasteiger partial charge is 0.377 e. The first-order chi connectivity index (χ1) is 6.64. The van der Waals surface area contributed by atoms with Crippen LogP contribution in [0.3, 0.4) is 0 Å². The number of rotatable bonds is 7. The van der Waals surface area contributed by atoms with Crippen LogP contribution in [0.1, 0.15) is 6.42 Å². The SMILES string of the molecule is CO[Si](CCC([SiH3])N=C=O)(OC)OC. The third-order valence-corrected chi connectivity index (χ3v) is 5.68. The predicted octanol–water partition coefficient (Wildman–Crippen LogP) is -0.718. The predicted molar refractivity (Wildman–Crippen MR) is 58.1 cm³/mol. The summed E-state index contributed by atoms with van der Waals surface area (Å²) < 4.78 is 15.7. The van der Waals surface area contributed by atoms with Crippen LogP contribution >= 0.6 is 0 Å². The lowest BCUT2D eigenvalue weighted by Gasteiger charge is -2.24. The van der Waals surface area contributed by atoms with Crippen LogP contribution in [0, 0.1) is 0 Å². The van der Waals surface area contributed by atoms with Crippen molar-refractivity contribution >= 4 is 25.1 Å². The van der Waals surface area contributed by atoms with E-state index in [2.05, 4.69) is 4.99 Å². The quantitative estimate of drug-likeness (QED) is 0.332. The van der Waals surface area contributed by atoms with Gasteiger partial charge in [0.2, 0.25) is 6.08 Å². The zero-order valence-corrected chi connectivity index (χ0v) is 12.1. The molecule has 0 heterocycles. The van der Waals surface area contributed by atoms with Gasteiger partial charge in [0, 0.05) is 43.3 Å². The summed E-state index contributed by atoms with van der Waals surface area (Å²) in [6.45, 7) is 0. The number of hydrogen-bond acceptors (Lipinski definition) is 5. The van der Waals surface area contributed by atoms with E-state index < -0.39 is 8.80 Å².